The van der Waals surface area contributed by atoms with Crippen molar-refractivity contribution in [3.05, 3.63) is 11.6 Å². The van der Waals surface area contributed by atoms with Crippen molar-refractivity contribution in [1.29, 1.82) is 0 Å². The maximum atomic E-state index is 12.3. The molecule has 0 aromatic rings. The van der Waals surface area contributed by atoms with Crippen LogP contribution in [0.5, 0.6) is 0 Å². The van der Waals surface area contributed by atoms with Crippen molar-refractivity contribution in [3.63, 3.8) is 0 Å². The number of Topliss-reactive ketones (excluding diaryl/α,β-unsaturated/α-hetero) is 1. The quantitative estimate of drug-likeness (QED) is 0.698. The first-order valence-corrected chi connectivity index (χ1v) is 10.1. The van der Waals surface area contributed by atoms with Crippen LogP contribution in [0.2, 0.25) is 0 Å². The molecule has 24 heavy (non-hydrogen) atoms. The first-order chi connectivity index (χ1) is 11.3. The van der Waals surface area contributed by atoms with E-state index in [4.69, 9.17) is 0 Å². The minimum atomic E-state index is 0.257. The van der Waals surface area contributed by atoms with E-state index in [2.05, 4.69) is 13.8 Å². The Bertz CT molecular complexity index is 675. The second kappa shape index (κ2) is 4.43. The molecule has 0 amide bonds. The summed E-state index contributed by atoms with van der Waals surface area (Å²) in [6.07, 6.45) is 11.2. The fraction of sp³-hybridized carbons (Fsp3) is 0.818. The maximum Gasteiger partial charge on any atom is 0.155 e. The zero-order valence-electron chi connectivity index (χ0n) is 15.4. The molecule has 0 N–H and O–H groups in total. The molecule has 0 saturated heterocycles. The fourth-order valence-corrected chi connectivity index (χ4v) is 8.41. The summed E-state index contributed by atoms with van der Waals surface area (Å²) >= 11 is 0. The van der Waals surface area contributed by atoms with Crippen molar-refractivity contribution in [1.82, 2.24) is 0 Å². The van der Waals surface area contributed by atoms with Gasteiger partial charge in [0.05, 0.1) is 0 Å². The lowest BCUT2D eigenvalue weighted by Gasteiger charge is -2.59. The van der Waals surface area contributed by atoms with Crippen molar-refractivity contribution in [2.45, 2.75) is 72.1 Å². The molecule has 0 aromatic carbocycles. The topological polar surface area (TPSA) is 34.1 Å². The number of carbonyl (C=O) groups excluding carboxylic acids is 2. The molecular formula is C22H30O2. The van der Waals surface area contributed by atoms with E-state index in [1.807, 2.05) is 13.0 Å². The molecule has 7 atom stereocenters. The summed E-state index contributed by atoms with van der Waals surface area (Å²) in [4.78, 5) is 24.2. The van der Waals surface area contributed by atoms with Gasteiger partial charge in [-0.1, -0.05) is 19.4 Å². The molecule has 5 aliphatic rings. The second-order valence-corrected chi connectivity index (χ2v) is 10.1. The van der Waals surface area contributed by atoms with Gasteiger partial charge in [0.25, 0.3) is 0 Å². The SMILES string of the molecule is CC(=O)[C@H]1C[C@@H]2C[C@@]23[C@@H]2CCC4=CC(=O)CC[C@]4(C)[C@H]2CC[C@]13C. The van der Waals surface area contributed by atoms with Crippen LogP contribution in [0.25, 0.3) is 0 Å². The molecule has 2 heteroatoms. The van der Waals surface area contributed by atoms with Crippen LogP contribution in [0.3, 0.4) is 0 Å². The van der Waals surface area contributed by atoms with Crippen LogP contribution in [0.4, 0.5) is 0 Å². The third kappa shape index (κ3) is 1.55. The number of allylic oxidation sites excluding steroid dienone is 1. The fourth-order valence-electron chi connectivity index (χ4n) is 8.41. The lowest BCUT2D eigenvalue weighted by Crippen LogP contribution is -2.53. The van der Waals surface area contributed by atoms with Gasteiger partial charge in [-0.05, 0) is 91.9 Å². The highest BCUT2D eigenvalue weighted by molar-refractivity contribution is 5.91. The van der Waals surface area contributed by atoms with Gasteiger partial charge in [-0.25, -0.2) is 0 Å². The van der Waals surface area contributed by atoms with Gasteiger partial charge in [0.2, 0.25) is 0 Å². The average Bonchev–Trinajstić information content (AvgIpc) is 3.18. The predicted molar refractivity (Wildman–Crippen MR) is 93.3 cm³/mol. The third-order valence-corrected chi connectivity index (χ3v) is 9.62. The number of carbonyl (C=O) groups is 2. The molecule has 0 unspecified atom stereocenters. The Morgan fingerprint density at radius 2 is 1.92 bits per heavy atom. The van der Waals surface area contributed by atoms with E-state index < -0.39 is 0 Å². The summed E-state index contributed by atoms with van der Waals surface area (Å²) in [6, 6.07) is 0. The molecule has 1 spiro atoms. The molecule has 5 aliphatic carbocycles. The number of hydrogen-bond donors (Lipinski definition) is 0. The first kappa shape index (κ1) is 15.3. The summed E-state index contributed by atoms with van der Waals surface area (Å²) in [5.41, 5.74) is 2.43. The van der Waals surface area contributed by atoms with Gasteiger partial charge < -0.3 is 0 Å². The smallest absolute Gasteiger partial charge is 0.155 e. The van der Waals surface area contributed by atoms with Gasteiger partial charge in [0, 0.05) is 12.3 Å². The number of hydrogen-bond acceptors (Lipinski definition) is 2. The van der Waals surface area contributed by atoms with Crippen LogP contribution >= 0.6 is 0 Å². The van der Waals surface area contributed by atoms with E-state index in [1.54, 1.807) is 0 Å². The summed E-state index contributed by atoms with van der Waals surface area (Å²) in [5, 5.41) is 0. The zero-order valence-corrected chi connectivity index (χ0v) is 15.4. The number of ketones is 2. The Morgan fingerprint density at radius 3 is 2.67 bits per heavy atom. The minimum absolute atomic E-state index is 0.257. The van der Waals surface area contributed by atoms with E-state index in [0.717, 1.165) is 43.4 Å². The molecule has 5 rings (SSSR count). The summed E-state index contributed by atoms with van der Waals surface area (Å²) in [6.45, 7) is 6.74. The van der Waals surface area contributed by atoms with Crippen molar-refractivity contribution >= 4 is 11.6 Å². The molecule has 0 aliphatic heterocycles. The van der Waals surface area contributed by atoms with Crippen LogP contribution in [0, 0.1) is 39.9 Å². The summed E-state index contributed by atoms with van der Waals surface area (Å²) < 4.78 is 0. The van der Waals surface area contributed by atoms with E-state index in [-0.39, 0.29) is 10.8 Å². The number of rotatable bonds is 1. The summed E-state index contributed by atoms with van der Waals surface area (Å²) in [5.74, 6) is 3.45. The minimum Gasteiger partial charge on any atom is -0.300 e. The molecule has 130 valence electrons. The monoisotopic (exact) mass is 326 g/mol. The lowest BCUT2D eigenvalue weighted by molar-refractivity contribution is -0.132. The largest absolute Gasteiger partial charge is 0.300 e. The Morgan fingerprint density at radius 1 is 1.12 bits per heavy atom. The molecule has 0 radical (unpaired) electrons. The molecule has 4 saturated carbocycles. The standard InChI is InChI=1S/C22H30O2/c1-13(23)19-11-15-12-22(15)18-5-4-14-10-16(24)6-8-20(14,2)17(18)7-9-21(19,22)3/h10,15,17-19H,4-9,11-12H2,1-3H3/t15-,17+,18-,19-,20+,21-,22+/m1/s1. The third-order valence-electron chi connectivity index (χ3n) is 9.62. The van der Waals surface area contributed by atoms with Gasteiger partial charge in [-0.15, -0.1) is 0 Å². The predicted octanol–water partition coefficient (Wildman–Crippen LogP) is 4.72. The Hall–Kier alpha value is -0.920. The van der Waals surface area contributed by atoms with Crippen LogP contribution in [-0.4, -0.2) is 11.6 Å². The normalized spacial score (nSPS) is 55.0. The highest BCUT2D eigenvalue weighted by atomic mass is 16.1. The van der Waals surface area contributed by atoms with Gasteiger partial charge in [0.15, 0.2) is 5.78 Å². The zero-order chi connectivity index (χ0) is 16.9. The van der Waals surface area contributed by atoms with E-state index >= 15 is 0 Å². The molecule has 0 aromatic heterocycles. The Kier molecular flexibility index (Phi) is 2.83. The second-order valence-electron chi connectivity index (χ2n) is 10.1. The van der Waals surface area contributed by atoms with Crippen LogP contribution in [-0.2, 0) is 9.59 Å². The van der Waals surface area contributed by atoms with Gasteiger partial charge in [-0.2, -0.15) is 0 Å². The molecule has 4 fully saturated rings. The van der Waals surface area contributed by atoms with Crippen molar-refractivity contribution in [2.75, 3.05) is 0 Å². The van der Waals surface area contributed by atoms with Crippen molar-refractivity contribution in [3.8, 4) is 0 Å². The molecule has 0 heterocycles. The summed E-state index contributed by atoms with van der Waals surface area (Å²) in [7, 11) is 0. The Labute approximate surface area is 145 Å². The molecular weight excluding hydrogens is 296 g/mol. The van der Waals surface area contributed by atoms with Crippen LogP contribution in [0.1, 0.15) is 72.1 Å². The van der Waals surface area contributed by atoms with Gasteiger partial charge in [-0.3, -0.25) is 9.59 Å². The van der Waals surface area contributed by atoms with E-state index in [9.17, 15) is 9.59 Å². The van der Waals surface area contributed by atoms with Gasteiger partial charge in [0.1, 0.15) is 5.78 Å². The highest BCUT2D eigenvalue weighted by Gasteiger charge is 2.78. The Balaban J connectivity index is 1.55. The lowest BCUT2D eigenvalue weighted by atomic mass is 9.44. The number of fused-ring (bicyclic) bond motifs is 3. The van der Waals surface area contributed by atoms with Crippen LogP contribution in [0.15, 0.2) is 11.6 Å². The van der Waals surface area contributed by atoms with Crippen LogP contribution < -0.4 is 0 Å². The molecule has 2 nitrogen and oxygen atoms in total. The van der Waals surface area contributed by atoms with E-state index in [0.29, 0.717) is 22.9 Å². The molecule has 0 bridgehead atoms. The van der Waals surface area contributed by atoms with Gasteiger partial charge >= 0.3 is 0 Å². The first-order valence-electron chi connectivity index (χ1n) is 10.1. The average molecular weight is 326 g/mol. The maximum absolute atomic E-state index is 12.3. The van der Waals surface area contributed by atoms with Crippen molar-refractivity contribution < 1.29 is 9.59 Å². The highest BCUT2D eigenvalue weighted by Crippen LogP contribution is 2.84. The van der Waals surface area contributed by atoms with E-state index in [1.165, 1.54) is 31.3 Å². The van der Waals surface area contributed by atoms with Crippen molar-refractivity contribution in [2.24, 2.45) is 39.9 Å².